The Labute approximate surface area is 104 Å². The molecule has 0 heterocycles. The standard InChI is InChI=1S/C12H15BrO3/c1-12(2,13)11(14)9-6-5-8(15-3)7-10(9)16-4/h5-7H,1-4H3. The number of hydrogen-bond acceptors (Lipinski definition) is 3. The van der Waals surface area contributed by atoms with E-state index in [1.54, 1.807) is 39.2 Å². The number of benzene rings is 1. The topological polar surface area (TPSA) is 35.5 Å². The molecule has 0 aliphatic rings. The molecule has 3 nitrogen and oxygen atoms in total. The van der Waals surface area contributed by atoms with E-state index in [1.807, 2.05) is 0 Å². The molecule has 0 spiro atoms. The highest BCUT2D eigenvalue weighted by atomic mass is 79.9. The van der Waals surface area contributed by atoms with E-state index in [2.05, 4.69) is 15.9 Å². The van der Waals surface area contributed by atoms with E-state index in [0.717, 1.165) is 0 Å². The molecule has 0 unspecified atom stereocenters. The third-order valence-electron chi connectivity index (χ3n) is 2.19. The van der Waals surface area contributed by atoms with E-state index in [4.69, 9.17) is 9.47 Å². The smallest absolute Gasteiger partial charge is 0.182 e. The molecule has 0 N–H and O–H groups in total. The second kappa shape index (κ2) is 4.87. The molecule has 0 bridgehead atoms. The Bertz CT molecular complexity index is 394. The molecular formula is C12H15BrO3. The fourth-order valence-corrected chi connectivity index (χ4v) is 1.52. The summed E-state index contributed by atoms with van der Waals surface area (Å²) in [5.74, 6) is 1.17. The van der Waals surface area contributed by atoms with Gasteiger partial charge in [-0.15, -0.1) is 0 Å². The molecule has 0 aliphatic carbocycles. The monoisotopic (exact) mass is 286 g/mol. The Hall–Kier alpha value is -1.03. The predicted octanol–water partition coefficient (Wildman–Crippen LogP) is 3.06. The highest BCUT2D eigenvalue weighted by molar-refractivity contribution is 9.10. The maximum Gasteiger partial charge on any atom is 0.182 e. The molecule has 0 aromatic heterocycles. The van der Waals surface area contributed by atoms with Gasteiger partial charge in [0.25, 0.3) is 0 Å². The van der Waals surface area contributed by atoms with Gasteiger partial charge in [-0.2, -0.15) is 0 Å². The number of hydrogen-bond donors (Lipinski definition) is 0. The lowest BCUT2D eigenvalue weighted by molar-refractivity contribution is 0.0958. The number of alkyl halides is 1. The fraction of sp³-hybridized carbons (Fsp3) is 0.417. The molecule has 0 saturated carbocycles. The summed E-state index contributed by atoms with van der Waals surface area (Å²) in [5, 5.41) is 0. The Kier molecular flexibility index (Phi) is 3.97. The first-order valence-electron chi connectivity index (χ1n) is 4.86. The number of rotatable bonds is 4. The van der Waals surface area contributed by atoms with Gasteiger partial charge in [-0.3, -0.25) is 4.79 Å². The van der Waals surface area contributed by atoms with Gasteiger partial charge in [-0.25, -0.2) is 0 Å². The number of methoxy groups -OCH3 is 2. The van der Waals surface area contributed by atoms with Crippen LogP contribution in [0, 0.1) is 0 Å². The molecule has 0 amide bonds. The quantitative estimate of drug-likeness (QED) is 0.630. The van der Waals surface area contributed by atoms with Crippen LogP contribution in [0.3, 0.4) is 0 Å². The number of halogens is 1. The van der Waals surface area contributed by atoms with Gasteiger partial charge < -0.3 is 9.47 Å². The van der Waals surface area contributed by atoms with Crippen molar-refractivity contribution in [3.05, 3.63) is 23.8 Å². The van der Waals surface area contributed by atoms with E-state index in [9.17, 15) is 4.79 Å². The van der Waals surface area contributed by atoms with Gasteiger partial charge in [0.15, 0.2) is 5.78 Å². The summed E-state index contributed by atoms with van der Waals surface area (Å²) in [7, 11) is 3.11. The lowest BCUT2D eigenvalue weighted by atomic mass is 10.00. The fourth-order valence-electron chi connectivity index (χ4n) is 1.31. The largest absolute Gasteiger partial charge is 0.497 e. The Morgan fingerprint density at radius 2 is 1.88 bits per heavy atom. The number of ketones is 1. The summed E-state index contributed by atoms with van der Waals surface area (Å²) in [6, 6.07) is 5.16. The minimum absolute atomic E-state index is 0.0213. The van der Waals surface area contributed by atoms with Crippen molar-refractivity contribution in [2.45, 2.75) is 18.2 Å². The van der Waals surface area contributed by atoms with Gasteiger partial charge in [0.1, 0.15) is 11.5 Å². The van der Waals surface area contributed by atoms with Crippen LogP contribution in [0.1, 0.15) is 24.2 Å². The molecule has 16 heavy (non-hydrogen) atoms. The minimum Gasteiger partial charge on any atom is -0.497 e. The molecule has 0 atom stereocenters. The van der Waals surface area contributed by atoms with Crippen LogP contribution in [0.15, 0.2) is 18.2 Å². The number of carbonyl (C=O) groups is 1. The zero-order valence-electron chi connectivity index (χ0n) is 9.83. The Balaban J connectivity index is 3.19. The molecule has 0 fully saturated rings. The molecule has 1 aromatic carbocycles. The summed E-state index contributed by atoms with van der Waals surface area (Å²) in [6.45, 7) is 3.61. The zero-order chi connectivity index (χ0) is 12.3. The first-order chi connectivity index (χ1) is 7.40. The van der Waals surface area contributed by atoms with Crippen molar-refractivity contribution in [3.63, 3.8) is 0 Å². The van der Waals surface area contributed by atoms with Crippen molar-refractivity contribution >= 4 is 21.7 Å². The number of carbonyl (C=O) groups excluding carboxylic acids is 1. The van der Waals surface area contributed by atoms with Crippen LogP contribution in [0.5, 0.6) is 11.5 Å². The third-order valence-corrected chi connectivity index (χ3v) is 2.55. The second-order valence-corrected chi connectivity index (χ2v) is 5.85. The Morgan fingerprint density at radius 1 is 1.25 bits per heavy atom. The van der Waals surface area contributed by atoms with Gasteiger partial charge in [-0.1, -0.05) is 15.9 Å². The van der Waals surface area contributed by atoms with Gasteiger partial charge in [0, 0.05) is 6.07 Å². The highest BCUT2D eigenvalue weighted by Crippen LogP contribution is 2.30. The molecule has 88 valence electrons. The lowest BCUT2D eigenvalue weighted by Gasteiger charge is -2.17. The van der Waals surface area contributed by atoms with E-state index >= 15 is 0 Å². The van der Waals surface area contributed by atoms with Crippen LogP contribution in [-0.2, 0) is 0 Å². The Morgan fingerprint density at radius 3 is 2.31 bits per heavy atom. The summed E-state index contributed by atoms with van der Waals surface area (Å²) in [6.07, 6.45) is 0. The minimum atomic E-state index is -0.602. The molecule has 0 radical (unpaired) electrons. The summed E-state index contributed by atoms with van der Waals surface area (Å²) >= 11 is 3.34. The third kappa shape index (κ3) is 2.76. The lowest BCUT2D eigenvalue weighted by Crippen LogP contribution is -2.24. The van der Waals surface area contributed by atoms with Crippen molar-refractivity contribution in [3.8, 4) is 11.5 Å². The van der Waals surface area contributed by atoms with E-state index in [1.165, 1.54) is 7.11 Å². The van der Waals surface area contributed by atoms with Crippen molar-refractivity contribution < 1.29 is 14.3 Å². The van der Waals surface area contributed by atoms with Gasteiger partial charge >= 0.3 is 0 Å². The van der Waals surface area contributed by atoms with Crippen LogP contribution in [0.2, 0.25) is 0 Å². The summed E-state index contributed by atoms with van der Waals surface area (Å²) in [5.41, 5.74) is 0.546. The molecule has 0 saturated heterocycles. The molecule has 1 aromatic rings. The summed E-state index contributed by atoms with van der Waals surface area (Å²) < 4.78 is 9.65. The number of ether oxygens (including phenoxy) is 2. The second-order valence-electron chi connectivity index (χ2n) is 3.87. The van der Waals surface area contributed by atoms with E-state index < -0.39 is 4.32 Å². The van der Waals surface area contributed by atoms with E-state index in [-0.39, 0.29) is 5.78 Å². The average molecular weight is 287 g/mol. The maximum absolute atomic E-state index is 12.1. The maximum atomic E-state index is 12.1. The number of Topliss-reactive ketones (excluding diaryl/α,β-unsaturated/α-hetero) is 1. The average Bonchev–Trinajstić information content (AvgIpc) is 2.26. The first kappa shape index (κ1) is 13.0. The first-order valence-corrected chi connectivity index (χ1v) is 5.65. The molecule has 0 aliphatic heterocycles. The van der Waals surface area contributed by atoms with Crippen LogP contribution in [0.25, 0.3) is 0 Å². The van der Waals surface area contributed by atoms with Gasteiger partial charge in [0.2, 0.25) is 0 Å². The van der Waals surface area contributed by atoms with Crippen LogP contribution >= 0.6 is 15.9 Å². The molecular weight excluding hydrogens is 272 g/mol. The molecule has 4 heteroatoms. The van der Waals surface area contributed by atoms with Crippen molar-refractivity contribution in [1.29, 1.82) is 0 Å². The molecule has 1 rings (SSSR count). The van der Waals surface area contributed by atoms with Crippen molar-refractivity contribution in [2.75, 3.05) is 14.2 Å². The van der Waals surface area contributed by atoms with Crippen molar-refractivity contribution in [2.24, 2.45) is 0 Å². The summed E-state index contributed by atoms with van der Waals surface area (Å²) in [4.78, 5) is 12.1. The van der Waals surface area contributed by atoms with Crippen molar-refractivity contribution in [1.82, 2.24) is 0 Å². The SMILES string of the molecule is COc1ccc(C(=O)C(C)(C)Br)c(OC)c1. The van der Waals surface area contributed by atoms with Gasteiger partial charge in [-0.05, 0) is 26.0 Å². The van der Waals surface area contributed by atoms with Crippen LogP contribution in [0.4, 0.5) is 0 Å². The predicted molar refractivity (Wildman–Crippen MR) is 66.9 cm³/mol. The zero-order valence-corrected chi connectivity index (χ0v) is 11.4. The highest BCUT2D eigenvalue weighted by Gasteiger charge is 2.27. The van der Waals surface area contributed by atoms with E-state index in [0.29, 0.717) is 17.1 Å². The normalized spacial score (nSPS) is 11.1. The van der Waals surface area contributed by atoms with Crippen LogP contribution < -0.4 is 9.47 Å². The van der Waals surface area contributed by atoms with Gasteiger partial charge in [0.05, 0.1) is 24.1 Å². The van der Waals surface area contributed by atoms with Crippen LogP contribution in [-0.4, -0.2) is 24.3 Å².